The summed E-state index contributed by atoms with van der Waals surface area (Å²) >= 11 is 1.64. The van der Waals surface area contributed by atoms with Crippen LogP contribution in [0.25, 0.3) is 0 Å². The van der Waals surface area contributed by atoms with Gasteiger partial charge in [-0.1, -0.05) is 6.07 Å². The van der Waals surface area contributed by atoms with Gasteiger partial charge in [0.2, 0.25) is 11.8 Å². The lowest BCUT2D eigenvalue weighted by Crippen LogP contribution is -2.49. The third-order valence-electron chi connectivity index (χ3n) is 4.71. The predicted octanol–water partition coefficient (Wildman–Crippen LogP) is 1.46. The molecule has 3 rings (SSSR count). The van der Waals surface area contributed by atoms with Crippen LogP contribution in [0.5, 0.6) is 5.75 Å². The number of carbonyl (C=O) groups is 3. The van der Waals surface area contributed by atoms with Crippen LogP contribution in [0.1, 0.15) is 35.7 Å². The van der Waals surface area contributed by atoms with Crippen molar-refractivity contribution in [1.82, 2.24) is 10.2 Å². The predicted molar refractivity (Wildman–Crippen MR) is 92.5 cm³/mol. The molecule has 2 fully saturated rings. The van der Waals surface area contributed by atoms with Crippen LogP contribution in [0.4, 0.5) is 0 Å². The first kappa shape index (κ1) is 17.6. The first-order chi connectivity index (χ1) is 11.9. The normalized spacial score (nSPS) is 25.0. The first-order valence-corrected chi connectivity index (χ1v) is 8.98. The van der Waals surface area contributed by atoms with Crippen LogP contribution in [0.3, 0.4) is 0 Å². The molecule has 2 aliphatic rings. The number of nitrogens with zero attached hydrogens (tertiary/aromatic N) is 1. The Balaban J connectivity index is 1.68. The van der Waals surface area contributed by atoms with Gasteiger partial charge in [-0.05, 0) is 31.0 Å². The number of benzene rings is 1. The van der Waals surface area contributed by atoms with E-state index in [0.717, 1.165) is 6.42 Å². The minimum Gasteiger partial charge on any atom is -0.496 e. The van der Waals surface area contributed by atoms with E-state index in [1.807, 2.05) is 6.92 Å². The molecule has 2 atom stereocenters. The molecule has 2 amide bonds. The van der Waals surface area contributed by atoms with Crippen molar-refractivity contribution < 1.29 is 24.2 Å². The van der Waals surface area contributed by atoms with Gasteiger partial charge < -0.3 is 20.1 Å². The number of hydrogen-bond acceptors (Lipinski definition) is 5. The van der Waals surface area contributed by atoms with Gasteiger partial charge in [-0.3, -0.25) is 9.59 Å². The van der Waals surface area contributed by atoms with E-state index in [0.29, 0.717) is 17.7 Å². The van der Waals surface area contributed by atoms with Crippen LogP contribution in [0.15, 0.2) is 18.2 Å². The lowest BCUT2D eigenvalue weighted by atomic mass is 10.1. The van der Waals surface area contributed by atoms with E-state index in [2.05, 4.69) is 5.32 Å². The average Bonchev–Trinajstić information content (AvgIpc) is 3.08. The van der Waals surface area contributed by atoms with Crippen molar-refractivity contribution in [3.8, 4) is 5.75 Å². The molecule has 0 aliphatic carbocycles. The molecule has 0 radical (unpaired) electrons. The van der Waals surface area contributed by atoms with E-state index in [1.165, 1.54) is 13.2 Å². The number of carboxylic acid groups (broad SMARTS) is 1. The number of carboxylic acids is 1. The van der Waals surface area contributed by atoms with E-state index in [-0.39, 0.29) is 34.5 Å². The fraction of sp³-hybridized carbons (Fsp3) is 0.471. The van der Waals surface area contributed by atoms with Crippen LogP contribution in [0.2, 0.25) is 0 Å². The van der Waals surface area contributed by atoms with Gasteiger partial charge in [-0.15, -0.1) is 11.8 Å². The Kier molecular flexibility index (Phi) is 4.64. The van der Waals surface area contributed by atoms with E-state index in [4.69, 9.17) is 4.74 Å². The summed E-state index contributed by atoms with van der Waals surface area (Å²) < 4.78 is 5.02. The van der Waals surface area contributed by atoms with Gasteiger partial charge in [0.05, 0.1) is 12.0 Å². The Morgan fingerprint density at radius 2 is 2.24 bits per heavy atom. The van der Waals surface area contributed by atoms with Crippen molar-refractivity contribution in [2.24, 2.45) is 0 Å². The summed E-state index contributed by atoms with van der Waals surface area (Å²) in [7, 11) is 1.41. The lowest BCUT2D eigenvalue weighted by Gasteiger charge is -2.29. The molecular formula is C17H20N2O5S. The summed E-state index contributed by atoms with van der Waals surface area (Å²) in [4.78, 5) is 37.3. The minimum atomic E-state index is -1.09. The van der Waals surface area contributed by atoms with Crippen LogP contribution < -0.4 is 10.1 Å². The van der Waals surface area contributed by atoms with Crippen molar-refractivity contribution in [3.63, 3.8) is 0 Å². The van der Waals surface area contributed by atoms with Gasteiger partial charge in [-0.25, -0.2) is 4.79 Å². The monoisotopic (exact) mass is 364 g/mol. The van der Waals surface area contributed by atoms with Crippen molar-refractivity contribution in [3.05, 3.63) is 29.3 Å². The van der Waals surface area contributed by atoms with Crippen molar-refractivity contribution in [2.75, 3.05) is 12.9 Å². The molecular weight excluding hydrogens is 344 g/mol. The van der Waals surface area contributed by atoms with Crippen molar-refractivity contribution in [2.45, 2.75) is 37.2 Å². The van der Waals surface area contributed by atoms with Crippen molar-refractivity contribution >= 4 is 29.5 Å². The second kappa shape index (κ2) is 6.59. The topological polar surface area (TPSA) is 95.9 Å². The molecule has 8 heteroatoms. The van der Waals surface area contributed by atoms with E-state index >= 15 is 0 Å². The molecule has 2 aliphatic heterocycles. The Hall–Kier alpha value is -2.22. The fourth-order valence-electron chi connectivity index (χ4n) is 3.35. The van der Waals surface area contributed by atoms with Gasteiger partial charge in [0.15, 0.2) is 0 Å². The van der Waals surface area contributed by atoms with Crippen LogP contribution in [-0.4, -0.2) is 51.6 Å². The highest BCUT2D eigenvalue weighted by atomic mass is 32.2. The van der Waals surface area contributed by atoms with E-state index < -0.39 is 12.0 Å². The number of methoxy groups -OCH3 is 1. The number of aromatic carboxylic acids is 1. The van der Waals surface area contributed by atoms with Crippen LogP contribution in [-0.2, 0) is 16.1 Å². The second-order valence-corrected chi connectivity index (χ2v) is 7.82. The zero-order chi connectivity index (χ0) is 18.2. The molecule has 25 heavy (non-hydrogen) atoms. The molecule has 2 heterocycles. The zero-order valence-electron chi connectivity index (χ0n) is 14.1. The molecule has 0 unspecified atom stereocenters. The Morgan fingerprint density at radius 3 is 2.92 bits per heavy atom. The molecule has 1 aromatic carbocycles. The van der Waals surface area contributed by atoms with Gasteiger partial charge >= 0.3 is 5.97 Å². The number of thioether (sulfide) groups is 1. The highest BCUT2D eigenvalue weighted by Gasteiger charge is 2.52. The molecule has 0 spiro atoms. The summed E-state index contributed by atoms with van der Waals surface area (Å²) in [6, 6.07) is 4.29. The summed E-state index contributed by atoms with van der Waals surface area (Å²) in [5.74, 6) is -0.426. The van der Waals surface area contributed by atoms with Gasteiger partial charge in [0.1, 0.15) is 17.4 Å². The number of carbonyl (C=O) groups excluding carboxylic acids is 2. The standard InChI is InChI=1S/C17H20N2O5S/c1-17-6-5-14(20)19(17)12(9-25-17)15(21)18-8-10-3-4-13(24-2)11(7-10)16(22)23/h3-4,7,12H,5-6,8-9H2,1-2H3,(H,18,21)(H,22,23)/t12-,17+/m0/s1. The van der Waals surface area contributed by atoms with Gasteiger partial charge in [-0.2, -0.15) is 0 Å². The zero-order valence-corrected chi connectivity index (χ0v) is 14.9. The maximum Gasteiger partial charge on any atom is 0.339 e. The summed E-state index contributed by atoms with van der Waals surface area (Å²) in [6.45, 7) is 2.20. The summed E-state index contributed by atoms with van der Waals surface area (Å²) in [6.07, 6.45) is 1.24. The number of fused-ring (bicyclic) bond motifs is 1. The van der Waals surface area contributed by atoms with E-state index in [1.54, 1.807) is 28.8 Å². The molecule has 7 nitrogen and oxygen atoms in total. The van der Waals surface area contributed by atoms with Gasteiger partial charge in [0, 0.05) is 18.7 Å². The molecule has 2 N–H and O–H groups in total. The largest absolute Gasteiger partial charge is 0.496 e. The summed E-state index contributed by atoms with van der Waals surface area (Å²) in [5, 5.41) is 12.0. The Morgan fingerprint density at radius 1 is 1.48 bits per heavy atom. The number of amides is 2. The average molecular weight is 364 g/mol. The summed E-state index contributed by atoms with van der Waals surface area (Å²) in [5.41, 5.74) is 0.709. The Bertz CT molecular complexity index is 738. The third kappa shape index (κ3) is 3.18. The molecule has 1 aromatic rings. The number of rotatable bonds is 5. The molecule has 2 saturated heterocycles. The third-order valence-corrected chi connectivity index (χ3v) is 6.21. The SMILES string of the molecule is COc1ccc(CNC(=O)[C@@H]2CS[C@]3(C)CCC(=O)N23)cc1C(=O)O. The maximum atomic E-state index is 12.5. The number of ether oxygens (including phenoxy) is 1. The highest BCUT2D eigenvalue weighted by molar-refractivity contribution is 8.01. The molecule has 0 bridgehead atoms. The number of hydrogen-bond donors (Lipinski definition) is 2. The Labute approximate surface area is 149 Å². The minimum absolute atomic E-state index is 0.0188. The second-order valence-electron chi connectivity index (χ2n) is 6.32. The molecule has 0 saturated carbocycles. The number of nitrogens with one attached hydrogen (secondary N) is 1. The molecule has 0 aromatic heterocycles. The maximum absolute atomic E-state index is 12.5. The first-order valence-electron chi connectivity index (χ1n) is 8.00. The lowest BCUT2D eigenvalue weighted by molar-refractivity contribution is -0.138. The van der Waals surface area contributed by atoms with Crippen LogP contribution >= 0.6 is 11.8 Å². The van der Waals surface area contributed by atoms with E-state index in [9.17, 15) is 19.5 Å². The highest BCUT2D eigenvalue weighted by Crippen LogP contribution is 2.47. The smallest absolute Gasteiger partial charge is 0.339 e. The fourth-order valence-corrected chi connectivity index (χ4v) is 4.79. The van der Waals surface area contributed by atoms with Crippen LogP contribution in [0, 0.1) is 0 Å². The van der Waals surface area contributed by atoms with Gasteiger partial charge in [0.25, 0.3) is 0 Å². The molecule has 134 valence electrons. The van der Waals surface area contributed by atoms with Crippen molar-refractivity contribution in [1.29, 1.82) is 0 Å². The quantitative estimate of drug-likeness (QED) is 0.821.